The summed E-state index contributed by atoms with van der Waals surface area (Å²) in [6.07, 6.45) is 1.92. The van der Waals surface area contributed by atoms with Gasteiger partial charge in [0, 0.05) is 28.3 Å². The highest BCUT2D eigenvalue weighted by Crippen LogP contribution is 2.34. The second kappa shape index (κ2) is 8.79. The summed E-state index contributed by atoms with van der Waals surface area (Å²) in [5.41, 5.74) is 2.66. The van der Waals surface area contributed by atoms with Crippen molar-refractivity contribution in [3.8, 4) is 11.3 Å². The number of thiazole rings is 1. The second-order valence-corrected chi connectivity index (χ2v) is 8.53. The molecule has 0 spiro atoms. The summed E-state index contributed by atoms with van der Waals surface area (Å²) in [7, 11) is 0. The number of hydrogen-bond donors (Lipinski definition) is 0. The first-order chi connectivity index (χ1) is 14.0. The van der Waals surface area contributed by atoms with E-state index in [1.165, 1.54) is 11.3 Å². The lowest BCUT2D eigenvalue weighted by atomic mass is 10.2. The van der Waals surface area contributed by atoms with Gasteiger partial charge in [0.15, 0.2) is 5.13 Å². The molecule has 1 aliphatic rings. The van der Waals surface area contributed by atoms with Crippen LogP contribution in [0.3, 0.4) is 0 Å². The van der Waals surface area contributed by atoms with Crippen LogP contribution in [0.5, 0.6) is 0 Å². The molecule has 0 bridgehead atoms. The molecule has 150 valence electrons. The van der Waals surface area contributed by atoms with E-state index in [1.807, 2.05) is 30.5 Å². The van der Waals surface area contributed by atoms with Gasteiger partial charge in [-0.2, -0.15) is 0 Å². The van der Waals surface area contributed by atoms with Crippen LogP contribution in [0.1, 0.15) is 29.0 Å². The van der Waals surface area contributed by atoms with Crippen LogP contribution in [0.2, 0.25) is 10.0 Å². The maximum atomic E-state index is 13.3. The minimum absolute atomic E-state index is 0.00442. The number of rotatable bonds is 5. The maximum absolute atomic E-state index is 13.3. The quantitative estimate of drug-likeness (QED) is 0.507. The van der Waals surface area contributed by atoms with E-state index in [-0.39, 0.29) is 12.0 Å². The zero-order valence-electron chi connectivity index (χ0n) is 15.8. The molecule has 0 unspecified atom stereocenters. The van der Waals surface area contributed by atoms with Crippen molar-refractivity contribution in [1.82, 2.24) is 9.97 Å². The summed E-state index contributed by atoms with van der Waals surface area (Å²) in [6, 6.07) is 10.7. The summed E-state index contributed by atoms with van der Waals surface area (Å²) < 4.78 is 5.77. The number of benzene rings is 1. The number of carbonyl (C=O) groups excluding carboxylic acids is 1. The zero-order chi connectivity index (χ0) is 20.4. The largest absolute Gasteiger partial charge is 0.376 e. The van der Waals surface area contributed by atoms with Crippen LogP contribution in [0.4, 0.5) is 5.13 Å². The molecule has 1 saturated heterocycles. The predicted molar refractivity (Wildman–Crippen MR) is 117 cm³/mol. The Kier molecular flexibility index (Phi) is 6.15. The van der Waals surface area contributed by atoms with Crippen molar-refractivity contribution >= 4 is 45.6 Å². The lowest BCUT2D eigenvalue weighted by Crippen LogP contribution is -2.38. The molecule has 1 aromatic carbocycles. The third kappa shape index (κ3) is 4.61. The van der Waals surface area contributed by atoms with Crippen molar-refractivity contribution in [1.29, 1.82) is 0 Å². The minimum atomic E-state index is -0.188. The maximum Gasteiger partial charge on any atom is 0.278 e. The number of ether oxygens (including phenoxy) is 1. The highest BCUT2D eigenvalue weighted by atomic mass is 35.5. The first-order valence-electron chi connectivity index (χ1n) is 9.29. The van der Waals surface area contributed by atoms with Gasteiger partial charge >= 0.3 is 0 Å². The molecule has 2 aromatic heterocycles. The Bertz CT molecular complexity index is 1030. The van der Waals surface area contributed by atoms with Crippen LogP contribution in [0, 0.1) is 6.92 Å². The average Bonchev–Trinajstić information content (AvgIpc) is 3.37. The van der Waals surface area contributed by atoms with Crippen molar-refractivity contribution in [2.45, 2.75) is 25.9 Å². The lowest BCUT2D eigenvalue weighted by Gasteiger charge is -2.22. The summed E-state index contributed by atoms with van der Waals surface area (Å²) in [5.74, 6) is -0.188. The molecule has 0 aliphatic carbocycles. The number of pyridine rings is 1. The van der Waals surface area contributed by atoms with Crippen LogP contribution in [0.25, 0.3) is 11.3 Å². The Hall–Kier alpha value is -1.99. The van der Waals surface area contributed by atoms with Gasteiger partial charge in [0.05, 0.1) is 23.4 Å². The summed E-state index contributed by atoms with van der Waals surface area (Å²) >= 11 is 13.7. The van der Waals surface area contributed by atoms with Crippen LogP contribution >= 0.6 is 34.5 Å². The predicted octanol–water partition coefficient (Wildman–Crippen LogP) is 5.65. The fourth-order valence-corrected chi connectivity index (χ4v) is 4.59. The number of carbonyl (C=O) groups is 1. The van der Waals surface area contributed by atoms with Crippen molar-refractivity contribution in [3.05, 3.63) is 63.2 Å². The molecule has 0 N–H and O–H groups in total. The van der Waals surface area contributed by atoms with Gasteiger partial charge in [0.2, 0.25) is 0 Å². The van der Waals surface area contributed by atoms with E-state index in [1.54, 1.807) is 23.1 Å². The Balaban J connectivity index is 1.67. The fraction of sp³-hybridized carbons (Fsp3) is 0.286. The van der Waals surface area contributed by atoms with Crippen molar-refractivity contribution in [2.24, 2.45) is 0 Å². The molecule has 0 saturated carbocycles. The molecule has 3 heterocycles. The van der Waals surface area contributed by atoms with E-state index in [9.17, 15) is 4.79 Å². The van der Waals surface area contributed by atoms with Gasteiger partial charge in [-0.1, -0.05) is 29.3 Å². The van der Waals surface area contributed by atoms with Gasteiger partial charge in [-0.25, -0.2) is 9.97 Å². The van der Waals surface area contributed by atoms with Crippen LogP contribution < -0.4 is 4.90 Å². The van der Waals surface area contributed by atoms with Crippen LogP contribution in [0.15, 0.2) is 41.8 Å². The molecule has 3 aromatic rings. The van der Waals surface area contributed by atoms with Crippen molar-refractivity contribution < 1.29 is 9.53 Å². The number of anilines is 1. The Morgan fingerprint density at radius 2 is 2.14 bits per heavy atom. The third-order valence-corrected chi connectivity index (χ3v) is 6.10. The lowest BCUT2D eigenvalue weighted by molar-refractivity contribution is 0.0913. The summed E-state index contributed by atoms with van der Waals surface area (Å²) in [6.45, 7) is 3.03. The number of nitrogens with zero attached hydrogens (tertiary/aromatic N) is 3. The molecule has 4 rings (SSSR count). The Labute approximate surface area is 183 Å². The number of aromatic nitrogens is 2. The number of hydrogen-bond acceptors (Lipinski definition) is 5. The Morgan fingerprint density at radius 1 is 1.28 bits per heavy atom. The van der Waals surface area contributed by atoms with Gasteiger partial charge in [-0.05, 0) is 50.1 Å². The summed E-state index contributed by atoms with van der Waals surface area (Å²) in [5, 5.41) is 3.57. The Morgan fingerprint density at radius 3 is 2.86 bits per heavy atom. The van der Waals surface area contributed by atoms with E-state index >= 15 is 0 Å². The normalized spacial score (nSPS) is 16.2. The number of amides is 1. The van der Waals surface area contributed by atoms with Gasteiger partial charge in [-0.3, -0.25) is 9.69 Å². The van der Waals surface area contributed by atoms with Crippen molar-refractivity contribution in [3.63, 3.8) is 0 Å². The minimum Gasteiger partial charge on any atom is -0.376 e. The zero-order valence-corrected chi connectivity index (χ0v) is 18.1. The molecule has 1 fully saturated rings. The fourth-order valence-electron chi connectivity index (χ4n) is 3.25. The average molecular weight is 448 g/mol. The molecule has 1 aliphatic heterocycles. The molecule has 0 radical (unpaired) electrons. The highest BCUT2D eigenvalue weighted by molar-refractivity contribution is 7.14. The second-order valence-electron chi connectivity index (χ2n) is 6.85. The van der Waals surface area contributed by atoms with Gasteiger partial charge in [0.1, 0.15) is 5.69 Å². The summed E-state index contributed by atoms with van der Waals surface area (Å²) in [4.78, 5) is 24.0. The molecular weight excluding hydrogens is 429 g/mol. The molecule has 1 atom stereocenters. The molecular formula is C21H19Cl2N3O2S. The van der Waals surface area contributed by atoms with E-state index in [0.717, 1.165) is 30.7 Å². The molecule has 1 amide bonds. The van der Waals surface area contributed by atoms with Gasteiger partial charge in [0.25, 0.3) is 5.91 Å². The molecule has 5 nitrogen and oxygen atoms in total. The van der Waals surface area contributed by atoms with E-state index in [2.05, 4.69) is 4.98 Å². The standard InChI is InChI=1S/C21H19Cl2N3O2S/c1-13-4-2-6-18(24-13)20(27)26(11-15-5-3-9-28-15)21-25-19(12-29-21)16-8-7-14(22)10-17(16)23/h2,4,6-8,10,12,15H,3,5,9,11H2,1H3/t15-/m0/s1. The van der Waals surface area contributed by atoms with Crippen LogP contribution in [-0.4, -0.2) is 35.1 Å². The van der Waals surface area contributed by atoms with Crippen molar-refractivity contribution in [2.75, 3.05) is 18.1 Å². The molecule has 8 heteroatoms. The van der Waals surface area contributed by atoms with Crippen LogP contribution in [-0.2, 0) is 4.74 Å². The smallest absolute Gasteiger partial charge is 0.278 e. The SMILES string of the molecule is Cc1cccc(C(=O)N(C[C@@H]2CCCO2)c2nc(-c3ccc(Cl)cc3Cl)cs2)n1. The van der Waals surface area contributed by atoms with E-state index in [4.69, 9.17) is 32.9 Å². The van der Waals surface area contributed by atoms with E-state index < -0.39 is 0 Å². The van der Waals surface area contributed by atoms with Gasteiger partial charge < -0.3 is 4.74 Å². The van der Waals surface area contributed by atoms with Gasteiger partial charge in [-0.15, -0.1) is 11.3 Å². The first-order valence-corrected chi connectivity index (χ1v) is 10.9. The number of aryl methyl sites for hydroxylation is 1. The highest BCUT2D eigenvalue weighted by Gasteiger charge is 2.27. The third-order valence-electron chi connectivity index (χ3n) is 4.69. The number of halogens is 2. The van der Waals surface area contributed by atoms with E-state index in [0.29, 0.717) is 33.1 Å². The monoisotopic (exact) mass is 447 g/mol. The first kappa shape index (κ1) is 20.3. The molecule has 29 heavy (non-hydrogen) atoms. The topological polar surface area (TPSA) is 55.3 Å².